The Hall–Kier alpha value is -2.26. The van der Waals surface area contributed by atoms with Crippen LogP contribution in [0.3, 0.4) is 0 Å². The highest BCUT2D eigenvalue weighted by Crippen LogP contribution is 2.38. The van der Waals surface area contributed by atoms with Crippen LogP contribution in [0, 0.1) is 0 Å². The fourth-order valence-corrected chi connectivity index (χ4v) is 6.21. The zero-order chi connectivity index (χ0) is 25.7. The van der Waals surface area contributed by atoms with Gasteiger partial charge in [0.25, 0.3) is 0 Å². The fourth-order valence-electron chi connectivity index (χ4n) is 3.69. The molecule has 4 aromatic carbocycles. The lowest BCUT2D eigenvalue weighted by molar-refractivity contribution is 0.470. The smallest absolute Gasteiger partial charge is 0.138 e. The molecule has 4 aromatic rings. The van der Waals surface area contributed by atoms with E-state index in [0.29, 0.717) is 20.1 Å². The normalized spacial score (nSPS) is 13.3. The minimum absolute atomic E-state index is 0.109. The molecule has 0 radical (unpaired) electrons. The molecule has 8 heteroatoms. The predicted molar refractivity (Wildman–Crippen MR) is 161 cm³/mol. The highest BCUT2D eigenvalue weighted by molar-refractivity contribution is 9.11. The second-order valence-corrected chi connectivity index (χ2v) is 11.5. The van der Waals surface area contributed by atoms with Gasteiger partial charge in [-0.15, -0.1) is 0 Å². The molecule has 0 aromatic heterocycles. The molecule has 4 rings (SSSR count). The SMILES string of the molecule is Oc1c(Br)cc(Br)cc1C=N[C@@H](c1ccccc1)[C@@H](N=Cc1cc(Br)cc(Br)c1O)c1ccccc1. The van der Waals surface area contributed by atoms with Gasteiger partial charge in [-0.1, -0.05) is 92.5 Å². The molecule has 0 bridgehead atoms. The molecule has 0 aliphatic carbocycles. The number of aliphatic imine (C=N–C) groups is 2. The van der Waals surface area contributed by atoms with Crippen LogP contribution in [0.1, 0.15) is 34.3 Å². The van der Waals surface area contributed by atoms with Crippen LogP contribution in [-0.2, 0) is 0 Å². The van der Waals surface area contributed by atoms with Crippen LogP contribution in [0.4, 0.5) is 0 Å². The molecule has 4 nitrogen and oxygen atoms in total. The summed E-state index contributed by atoms with van der Waals surface area (Å²) < 4.78 is 2.78. The predicted octanol–water partition coefficient (Wildman–Crippen LogP) is 9.17. The second kappa shape index (κ2) is 12.3. The number of aromatic hydroxyl groups is 2. The highest BCUT2D eigenvalue weighted by Gasteiger charge is 2.24. The van der Waals surface area contributed by atoms with E-state index in [-0.39, 0.29) is 11.5 Å². The van der Waals surface area contributed by atoms with Gasteiger partial charge in [0.1, 0.15) is 23.6 Å². The Morgan fingerprint density at radius 1 is 0.556 bits per heavy atom. The summed E-state index contributed by atoms with van der Waals surface area (Å²) in [6, 6.07) is 26.2. The fraction of sp³-hybridized carbons (Fsp3) is 0.0714. The van der Waals surface area contributed by atoms with Crippen molar-refractivity contribution in [1.82, 2.24) is 0 Å². The minimum Gasteiger partial charge on any atom is -0.506 e. The molecule has 0 fully saturated rings. The monoisotopic (exact) mass is 732 g/mol. The third-order valence-corrected chi connectivity index (χ3v) is 7.57. The van der Waals surface area contributed by atoms with Gasteiger partial charge in [-0.3, -0.25) is 9.98 Å². The van der Waals surface area contributed by atoms with Crippen LogP contribution >= 0.6 is 63.7 Å². The summed E-state index contributed by atoms with van der Waals surface area (Å²) in [6.07, 6.45) is 3.34. The number of nitrogens with zero attached hydrogens (tertiary/aromatic N) is 2. The Bertz CT molecular complexity index is 1300. The van der Waals surface area contributed by atoms with E-state index >= 15 is 0 Å². The quantitative estimate of drug-likeness (QED) is 0.186. The first-order chi connectivity index (χ1) is 17.3. The lowest BCUT2D eigenvalue weighted by Gasteiger charge is -2.22. The van der Waals surface area contributed by atoms with Gasteiger partial charge >= 0.3 is 0 Å². The van der Waals surface area contributed by atoms with Gasteiger partial charge in [-0.05, 0) is 67.3 Å². The molecule has 0 spiro atoms. The second-order valence-electron chi connectivity index (χ2n) is 7.92. The molecule has 0 saturated carbocycles. The van der Waals surface area contributed by atoms with Crippen molar-refractivity contribution in [3.8, 4) is 11.5 Å². The van der Waals surface area contributed by atoms with Crippen molar-refractivity contribution in [1.29, 1.82) is 0 Å². The number of halogens is 4. The Morgan fingerprint density at radius 3 is 1.28 bits per heavy atom. The molecule has 2 atom stereocenters. The molecule has 0 aliphatic heterocycles. The van der Waals surface area contributed by atoms with Crippen molar-refractivity contribution < 1.29 is 10.2 Å². The molecule has 0 aliphatic rings. The summed E-state index contributed by atoms with van der Waals surface area (Å²) in [6.45, 7) is 0. The first kappa shape index (κ1) is 26.8. The maximum absolute atomic E-state index is 10.6. The maximum Gasteiger partial charge on any atom is 0.138 e. The van der Waals surface area contributed by atoms with Gasteiger partial charge in [0.15, 0.2) is 0 Å². The number of hydrogen-bond acceptors (Lipinski definition) is 4. The zero-order valence-corrected chi connectivity index (χ0v) is 25.0. The molecule has 182 valence electrons. The van der Waals surface area contributed by atoms with Crippen molar-refractivity contribution in [2.75, 3.05) is 0 Å². The van der Waals surface area contributed by atoms with E-state index in [2.05, 4.69) is 63.7 Å². The molecule has 0 unspecified atom stereocenters. The maximum atomic E-state index is 10.6. The van der Waals surface area contributed by atoms with Crippen molar-refractivity contribution in [3.05, 3.63) is 125 Å². The average molecular weight is 736 g/mol. The summed E-state index contributed by atoms with van der Waals surface area (Å²) >= 11 is 13.7. The van der Waals surface area contributed by atoms with E-state index in [0.717, 1.165) is 20.1 Å². The van der Waals surface area contributed by atoms with E-state index in [9.17, 15) is 10.2 Å². The van der Waals surface area contributed by atoms with Crippen LogP contribution in [0.15, 0.2) is 113 Å². The van der Waals surface area contributed by atoms with Crippen molar-refractivity contribution in [2.24, 2.45) is 9.98 Å². The Balaban J connectivity index is 1.84. The molecular weight excluding hydrogens is 716 g/mol. The van der Waals surface area contributed by atoms with E-state index in [1.54, 1.807) is 24.6 Å². The van der Waals surface area contributed by atoms with Crippen LogP contribution < -0.4 is 0 Å². The molecule has 2 N–H and O–H groups in total. The first-order valence-corrected chi connectivity index (χ1v) is 14.0. The largest absolute Gasteiger partial charge is 0.506 e. The Morgan fingerprint density at radius 2 is 0.917 bits per heavy atom. The lowest BCUT2D eigenvalue weighted by atomic mass is 9.94. The Labute approximate surface area is 243 Å². The summed E-state index contributed by atoms with van der Waals surface area (Å²) in [5.41, 5.74) is 3.07. The Kier molecular flexibility index (Phi) is 9.17. The molecule has 36 heavy (non-hydrogen) atoms. The third kappa shape index (κ3) is 6.54. The average Bonchev–Trinajstić information content (AvgIpc) is 2.87. The van der Waals surface area contributed by atoms with Crippen LogP contribution in [0.5, 0.6) is 11.5 Å². The number of phenols is 2. The highest BCUT2D eigenvalue weighted by atomic mass is 79.9. The van der Waals surface area contributed by atoms with Gasteiger partial charge < -0.3 is 10.2 Å². The molecule has 0 saturated heterocycles. The minimum atomic E-state index is -0.403. The third-order valence-electron chi connectivity index (χ3n) is 5.45. The summed E-state index contributed by atoms with van der Waals surface area (Å²) in [4.78, 5) is 9.86. The van der Waals surface area contributed by atoms with Crippen molar-refractivity contribution in [3.63, 3.8) is 0 Å². The van der Waals surface area contributed by atoms with Crippen LogP contribution in [0.2, 0.25) is 0 Å². The zero-order valence-electron chi connectivity index (χ0n) is 18.7. The van der Waals surface area contributed by atoms with Gasteiger partial charge in [0.05, 0.1) is 8.95 Å². The number of phenolic OH excluding ortho intramolecular Hbond substituents is 2. The van der Waals surface area contributed by atoms with Crippen molar-refractivity contribution >= 4 is 76.1 Å². The van der Waals surface area contributed by atoms with E-state index in [1.807, 2.05) is 72.8 Å². The van der Waals surface area contributed by atoms with Crippen molar-refractivity contribution in [2.45, 2.75) is 12.1 Å². The number of rotatable bonds is 7. The topological polar surface area (TPSA) is 65.2 Å². The number of benzene rings is 4. The first-order valence-electron chi connectivity index (χ1n) is 10.9. The van der Waals surface area contributed by atoms with E-state index in [4.69, 9.17) is 9.98 Å². The summed E-state index contributed by atoms with van der Waals surface area (Å²) in [5.74, 6) is 0.217. The van der Waals surface area contributed by atoms with E-state index in [1.165, 1.54) is 0 Å². The standard InChI is InChI=1S/C28H20Br4N2O2/c29-21-11-19(27(35)23(31)13-21)15-33-25(17-7-3-1-4-8-17)26(18-9-5-2-6-10-18)34-16-20-12-22(30)14-24(32)28(20)36/h1-16,25-26,35-36H/t25-,26-/m0/s1. The molecule has 0 heterocycles. The lowest BCUT2D eigenvalue weighted by Crippen LogP contribution is -2.09. The van der Waals surface area contributed by atoms with Gasteiger partial charge in [-0.2, -0.15) is 0 Å². The van der Waals surface area contributed by atoms with Gasteiger partial charge in [0, 0.05) is 32.5 Å². The summed E-state index contributed by atoms with van der Waals surface area (Å²) in [5, 5.41) is 21.1. The van der Waals surface area contributed by atoms with Gasteiger partial charge in [0.2, 0.25) is 0 Å². The van der Waals surface area contributed by atoms with E-state index < -0.39 is 12.1 Å². The molecule has 0 amide bonds. The van der Waals surface area contributed by atoms with Crippen LogP contribution in [0.25, 0.3) is 0 Å². The number of hydrogen-bond donors (Lipinski definition) is 2. The molecular formula is C28H20Br4N2O2. The van der Waals surface area contributed by atoms with Gasteiger partial charge in [-0.25, -0.2) is 0 Å². The van der Waals surface area contributed by atoms with Crippen LogP contribution in [-0.4, -0.2) is 22.6 Å². The summed E-state index contributed by atoms with van der Waals surface area (Å²) in [7, 11) is 0.